The van der Waals surface area contributed by atoms with Crippen molar-refractivity contribution in [3.63, 3.8) is 0 Å². The van der Waals surface area contributed by atoms with E-state index in [-0.39, 0.29) is 0 Å². The standard InChI is InChI=1S/C18H29NS/c1-2-11-19-16(12-14-7-4-3-5-8-14)18-13-15-9-6-10-17(15)20-18/h13-14,16,19H,2-12H2,1H3. The summed E-state index contributed by atoms with van der Waals surface area (Å²) in [6.07, 6.45) is 14.0. The summed E-state index contributed by atoms with van der Waals surface area (Å²) in [5.74, 6) is 0.968. The van der Waals surface area contributed by atoms with E-state index in [4.69, 9.17) is 0 Å². The molecule has 0 amide bonds. The van der Waals surface area contributed by atoms with Crippen molar-refractivity contribution in [2.24, 2.45) is 5.92 Å². The lowest BCUT2D eigenvalue weighted by atomic mass is 9.84. The van der Waals surface area contributed by atoms with Crippen LogP contribution in [0.1, 0.15) is 79.6 Å². The molecule has 0 bridgehead atoms. The van der Waals surface area contributed by atoms with Crippen LogP contribution in [0.2, 0.25) is 0 Å². The summed E-state index contributed by atoms with van der Waals surface area (Å²) in [4.78, 5) is 3.32. The SMILES string of the molecule is CCCNC(CC1CCCCC1)c1cc2c(s1)CCC2. The van der Waals surface area contributed by atoms with Crippen LogP contribution >= 0.6 is 11.3 Å². The normalized spacial score (nSPS) is 21.1. The summed E-state index contributed by atoms with van der Waals surface area (Å²) in [5.41, 5.74) is 1.66. The highest BCUT2D eigenvalue weighted by Crippen LogP contribution is 2.38. The minimum absolute atomic E-state index is 0.633. The molecule has 1 fully saturated rings. The van der Waals surface area contributed by atoms with E-state index in [0.717, 1.165) is 5.92 Å². The van der Waals surface area contributed by atoms with E-state index in [1.54, 1.807) is 15.3 Å². The Hall–Kier alpha value is -0.340. The van der Waals surface area contributed by atoms with Crippen LogP contribution in [0.15, 0.2) is 6.07 Å². The van der Waals surface area contributed by atoms with Crippen LogP contribution in [0.4, 0.5) is 0 Å². The van der Waals surface area contributed by atoms with Crippen molar-refractivity contribution in [2.75, 3.05) is 6.54 Å². The maximum Gasteiger partial charge on any atom is 0.0417 e. The van der Waals surface area contributed by atoms with Crippen molar-refractivity contribution in [1.29, 1.82) is 0 Å². The lowest BCUT2D eigenvalue weighted by Crippen LogP contribution is -2.24. The van der Waals surface area contributed by atoms with Gasteiger partial charge in [0.25, 0.3) is 0 Å². The van der Waals surface area contributed by atoms with Crippen molar-refractivity contribution >= 4 is 11.3 Å². The highest BCUT2D eigenvalue weighted by Gasteiger charge is 2.23. The molecule has 1 aromatic heterocycles. The van der Waals surface area contributed by atoms with Gasteiger partial charge in [0.2, 0.25) is 0 Å². The third kappa shape index (κ3) is 3.46. The highest BCUT2D eigenvalue weighted by molar-refractivity contribution is 7.12. The molecule has 0 aliphatic heterocycles. The smallest absolute Gasteiger partial charge is 0.0417 e. The Balaban J connectivity index is 1.67. The summed E-state index contributed by atoms with van der Waals surface area (Å²) in [5, 5.41) is 3.83. The van der Waals surface area contributed by atoms with E-state index in [0.29, 0.717) is 6.04 Å². The van der Waals surface area contributed by atoms with Crippen molar-refractivity contribution in [1.82, 2.24) is 5.32 Å². The summed E-state index contributed by atoms with van der Waals surface area (Å²) in [7, 11) is 0. The topological polar surface area (TPSA) is 12.0 Å². The Morgan fingerprint density at radius 1 is 1.20 bits per heavy atom. The first-order valence-electron chi connectivity index (χ1n) is 8.71. The first kappa shape index (κ1) is 14.6. The van der Waals surface area contributed by atoms with Crippen LogP contribution in [0, 0.1) is 5.92 Å². The maximum absolute atomic E-state index is 3.83. The summed E-state index contributed by atoms with van der Waals surface area (Å²) in [6, 6.07) is 3.16. The molecule has 1 unspecified atom stereocenters. The third-order valence-corrected chi connectivity index (χ3v) is 6.39. The van der Waals surface area contributed by atoms with Gasteiger partial charge in [0.1, 0.15) is 0 Å². The molecule has 3 rings (SSSR count). The number of hydrogen-bond acceptors (Lipinski definition) is 2. The van der Waals surface area contributed by atoms with Gasteiger partial charge in [0.15, 0.2) is 0 Å². The quantitative estimate of drug-likeness (QED) is 0.755. The molecule has 0 saturated heterocycles. The van der Waals surface area contributed by atoms with Gasteiger partial charge in [-0.1, -0.05) is 39.0 Å². The predicted octanol–water partition coefficient (Wildman–Crippen LogP) is 5.25. The maximum atomic E-state index is 3.83. The summed E-state index contributed by atoms with van der Waals surface area (Å²) >= 11 is 2.11. The fraction of sp³-hybridized carbons (Fsp3) is 0.778. The van der Waals surface area contributed by atoms with Gasteiger partial charge < -0.3 is 5.32 Å². The fourth-order valence-corrected chi connectivity index (χ4v) is 5.24. The molecule has 2 heteroatoms. The molecule has 1 aromatic rings. The Bertz CT molecular complexity index is 396. The molecule has 0 aromatic carbocycles. The molecule has 2 aliphatic rings. The van der Waals surface area contributed by atoms with E-state index in [1.807, 2.05) is 0 Å². The number of aryl methyl sites for hydroxylation is 2. The molecular formula is C18H29NS. The Labute approximate surface area is 128 Å². The molecule has 112 valence electrons. The number of nitrogens with one attached hydrogen (secondary N) is 1. The zero-order valence-electron chi connectivity index (χ0n) is 12.9. The van der Waals surface area contributed by atoms with Crippen LogP contribution in [-0.2, 0) is 12.8 Å². The lowest BCUT2D eigenvalue weighted by Gasteiger charge is -2.26. The zero-order chi connectivity index (χ0) is 13.8. The number of hydrogen-bond donors (Lipinski definition) is 1. The van der Waals surface area contributed by atoms with E-state index in [9.17, 15) is 0 Å². The number of thiophene rings is 1. The van der Waals surface area contributed by atoms with Crippen LogP contribution < -0.4 is 5.32 Å². The van der Waals surface area contributed by atoms with Gasteiger partial charge in [0, 0.05) is 15.8 Å². The van der Waals surface area contributed by atoms with E-state index in [1.165, 1.54) is 70.8 Å². The second kappa shape index (κ2) is 7.09. The molecule has 1 N–H and O–H groups in total. The van der Waals surface area contributed by atoms with Gasteiger partial charge in [-0.3, -0.25) is 0 Å². The van der Waals surface area contributed by atoms with Crippen molar-refractivity contribution in [2.45, 2.75) is 77.2 Å². The molecule has 0 radical (unpaired) electrons. The minimum Gasteiger partial charge on any atom is -0.309 e. The monoisotopic (exact) mass is 291 g/mol. The van der Waals surface area contributed by atoms with Crippen LogP contribution in [0.5, 0.6) is 0 Å². The average molecular weight is 292 g/mol. The molecule has 1 nitrogen and oxygen atoms in total. The molecule has 1 saturated carbocycles. The minimum atomic E-state index is 0.633. The Morgan fingerprint density at radius 3 is 2.80 bits per heavy atom. The van der Waals surface area contributed by atoms with Crippen molar-refractivity contribution < 1.29 is 0 Å². The lowest BCUT2D eigenvalue weighted by molar-refractivity contribution is 0.301. The van der Waals surface area contributed by atoms with Gasteiger partial charge >= 0.3 is 0 Å². The largest absolute Gasteiger partial charge is 0.309 e. The van der Waals surface area contributed by atoms with Gasteiger partial charge in [-0.2, -0.15) is 0 Å². The Kier molecular flexibility index (Phi) is 5.17. The van der Waals surface area contributed by atoms with Gasteiger partial charge in [-0.15, -0.1) is 11.3 Å². The van der Waals surface area contributed by atoms with Gasteiger partial charge in [-0.25, -0.2) is 0 Å². The molecule has 20 heavy (non-hydrogen) atoms. The van der Waals surface area contributed by atoms with Crippen molar-refractivity contribution in [3.05, 3.63) is 21.4 Å². The van der Waals surface area contributed by atoms with Crippen LogP contribution in [0.25, 0.3) is 0 Å². The second-order valence-electron chi connectivity index (χ2n) is 6.70. The average Bonchev–Trinajstić information content (AvgIpc) is 3.05. The van der Waals surface area contributed by atoms with Crippen molar-refractivity contribution in [3.8, 4) is 0 Å². The van der Waals surface area contributed by atoms with Gasteiger partial charge in [-0.05, 0) is 56.2 Å². The second-order valence-corrected chi connectivity index (χ2v) is 7.87. The Morgan fingerprint density at radius 2 is 2.05 bits per heavy atom. The van der Waals surface area contributed by atoms with E-state index in [2.05, 4.69) is 29.6 Å². The molecule has 1 atom stereocenters. The molecular weight excluding hydrogens is 262 g/mol. The number of fused-ring (bicyclic) bond motifs is 1. The summed E-state index contributed by atoms with van der Waals surface area (Å²) in [6.45, 7) is 3.44. The summed E-state index contributed by atoms with van der Waals surface area (Å²) < 4.78 is 0. The predicted molar refractivity (Wildman–Crippen MR) is 88.6 cm³/mol. The zero-order valence-corrected chi connectivity index (χ0v) is 13.7. The molecule has 0 spiro atoms. The molecule has 2 aliphatic carbocycles. The first-order chi connectivity index (χ1) is 9.86. The van der Waals surface area contributed by atoms with Crippen LogP contribution in [0.3, 0.4) is 0 Å². The molecule has 1 heterocycles. The van der Waals surface area contributed by atoms with Crippen LogP contribution in [-0.4, -0.2) is 6.54 Å². The van der Waals surface area contributed by atoms with E-state index >= 15 is 0 Å². The third-order valence-electron chi connectivity index (χ3n) is 5.04. The first-order valence-corrected chi connectivity index (χ1v) is 9.53. The highest BCUT2D eigenvalue weighted by atomic mass is 32.1. The number of rotatable bonds is 6. The van der Waals surface area contributed by atoms with Gasteiger partial charge in [0.05, 0.1) is 0 Å². The fourth-order valence-electron chi connectivity index (χ4n) is 3.90. The van der Waals surface area contributed by atoms with E-state index < -0.39 is 0 Å².